The minimum atomic E-state index is 0.170. The highest BCUT2D eigenvalue weighted by atomic mass is 16.2. The van der Waals surface area contributed by atoms with Crippen molar-refractivity contribution in [3.8, 4) is 6.07 Å². The van der Waals surface area contributed by atoms with Crippen molar-refractivity contribution in [2.75, 3.05) is 13.1 Å². The summed E-state index contributed by atoms with van der Waals surface area (Å²) in [4.78, 5) is 13.3. The van der Waals surface area contributed by atoms with Crippen LogP contribution in [0.2, 0.25) is 0 Å². The summed E-state index contributed by atoms with van der Waals surface area (Å²) in [6.07, 6.45) is 2.10. The van der Waals surface area contributed by atoms with Crippen LogP contribution in [0.5, 0.6) is 0 Å². The Bertz CT molecular complexity index is 233. The summed E-state index contributed by atoms with van der Waals surface area (Å²) in [5, 5.41) is 8.30. The van der Waals surface area contributed by atoms with Gasteiger partial charge in [0.1, 0.15) is 0 Å². The van der Waals surface area contributed by atoms with Crippen LogP contribution in [0.1, 0.15) is 19.3 Å². The van der Waals surface area contributed by atoms with Crippen molar-refractivity contribution in [2.45, 2.75) is 19.3 Å². The molecule has 1 amide bonds. The molecule has 0 aromatic heterocycles. The molecule has 2 atom stereocenters. The smallest absolute Gasteiger partial charge is 0.223 e. The third-order valence-electron chi connectivity index (χ3n) is 2.78. The molecule has 0 bridgehead atoms. The molecule has 2 rings (SSSR count). The number of carbonyl (C=O) groups excluding carboxylic acids is 1. The minimum absolute atomic E-state index is 0.170. The fourth-order valence-electron chi connectivity index (χ4n) is 1.92. The van der Waals surface area contributed by atoms with Gasteiger partial charge in [-0.1, -0.05) is 0 Å². The molecule has 0 spiro atoms. The maximum atomic E-state index is 11.3. The molecule has 2 unspecified atom stereocenters. The molecule has 1 saturated heterocycles. The van der Waals surface area contributed by atoms with Crippen molar-refractivity contribution in [1.82, 2.24) is 4.90 Å². The van der Waals surface area contributed by atoms with Gasteiger partial charge < -0.3 is 4.90 Å². The van der Waals surface area contributed by atoms with E-state index in [0.717, 1.165) is 24.9 Å². The van der Waals surface area contributed by atoms with E-state index in [2.05, 4.69) is 0 Å². The van der Waals surface area contributed by atoms with Gasteiger partial charge in [0, 0.05) is 25.9 Å². The Morgan fingerprint density at radius 1 is 1.50 bits per heavy atom. The molecule has 1 saturated carbocycles. The van der Waals surface area contributed by atoms with Crippen molar-refractivity contribution in [1.29, 1.82) is 5.26 Å². The predicted molar refractivity (Wildman–Crippen MR) is 43.0 cm³/mol. The summed E-state index contributed by atoms with van der Waals surface area (Å²) in [7, 11) is 0. The third kappa shape index (κ3) is 1.29. The van der Waals surface area contributed by atoms with E-state index in [0.29, 0.717) is 12.8 Å². The number of rotatable bonds is 2. The number of nitriles is 1. The number of carbonyl (C=O) groups is 1. The van der Waals surface area contributed by atoms with E-state index in [9.17, 15) is 4.79 Å². The Kier molecular flexibility index (Phi) is 1.76. The summed E-state index contributed by atoms with van der Waals surface area (Å²) < 4.78 is 0. The second-order valence-electron chi connectivity index (χ2n) is 3.71. The fourth-order valence-corrected chi connectivity index (χ4v) is 1.92. The summed E-state index contributed by atoms with van der Waals surface area (Å²) in [6.45, 7) is 1.91. The van der Waals surface area contributed by atoms with Crippen molar-refractivity contribution in [2.24, 2.45) is 11.8 Å². The second kappa shape index (κ2) is 2.78. The van der Waals surface area contributed by atoms with Crippen molar-refractivity contribution in [3.05, 3.63) is 0 Å². The highest BCUT2D eigenvalue weighted by Crippen LogP contribution is 2.44. The van der Waals surface area contributed by atoms with Gasteiger partial charge in [0.05, 0.1) is 6.07 Å². The lowest BCUT2D eigenvalue weighted by atomic mass is 10.3. The zero-order valence-corrected chi connectivity index (χ0v) is 6.99. The Hall–Kier alpha value is -1.04. The van der Waals surface area contributed by atoms with Crippen LogP contribution < -0.4 is 0 Å². The first-order valence-electron chi connectivity index (χ1n) is 4.46. The number of amides is 1. The summed E-state index contributed by atoms with van der Waals surface area (Å²) in [5.74, 6) is 1.77. The number of likely N-dealkylation sites (tertiary alicyclic amines) is 1. The van der Waals surface area contributed by atoms with Crippen LogP contribution in [0, 0.1) is 23.2 Å². The lowest BCUT2D eigenvalue weighted by Crippen LogP contribution is -2.29. The van der Waals surface area contributed by atoms with Crippen LogP contribution in [0.25, 0.3) is 0 Å². The molecule has 3 heteroatoms. The summed E-state index contributed by atoms with van der Waals surface area (Å²) >= 11 is 0. The minimum Gasteiger partial charge on any atom is -0.342 e. The molecule has 3 nitrogen and oxygen atoms in total. The Labute approximate surface area is 72.0 Å². The Morgan fingerprint density at radius 3 is 2.75 bits per heavy atom. The largest absolute Gasteiger partial charge is 0.342 e. The van der Waals surface area contributed by atoms with Crippen LogP contribution >= 0.6 is 0 Å². The van der Waals surface area contributed by atoms with Gasteiger partial charge in [-0.2, -0.15) is 5.26 Å². The number of hydrogen-bond acceptors (Lipinski definition) is 2. The fraction of sp³-hybridized carbons (Fsp3) is 0.778. The summed E-state index contributed by atoms with van der Waals surface area (Å²) in [5.41, 5.74) is 0. The molecule has 0 aromatic rings. The molecule has 2 aliphatic rings. The second-order valence-corrected chi connectivity index (χ2v) is 3.71. The van der Waals surface area contributed by atoms with Gasteiger partial charge in [0.15, 0.2) is 0 Å². The zero-order valence-electron chi connectivity index (χ0n) is 6.99. The molecule has 1 aliphatic carbocycles. The van der Waals surface area contributed by atoms with E-state index >= 15 is 0 Å². The maximum Gasteiger partial charge on any atom is 0.223 e. The quantitative estimate of drug-likeness (QED) is 0.605. The van der Waals surface area contributed by atoms with Gasteiger partial charge in [0.2, 0.25) is 5.91 Å². The monoisotopic (exact) mass is 164 g/mol. The molecular weight excluding hydrogens is 152 g/mol. The third-order valence-corrected chi connectivity index (χ3v) is 2.78. The van der Waals surface area contributed by atoms with Crippen LogP contribution in [0.4, 0.5) is 0 Å². The van der Waals surface area contributed by atoms with E-state index in [-0.39, 0.29) is 5.91 Å². The van der Waals surface area contributed by atoms with Gasteiger partial charge in [-0.05, 0) is 18.3 Å². The molecule has 64 valence electrons. The molecule has 1 aliphatic heterocycles. The predicted octanol–water partition coefficient (Wildman–Crippen LogP) is 0.768. The van der Waals surface area contributed by atoms with E-state index < -0.39 is 0 Å². The number of piperidine rings is 1. The average molecular weight is 164 g/mol. The first-order chi connectivity index (χ1) is 5.81. The SMILES string of the molecule is N#CCCC(=O)N1CC2CC2C1. The zero-order chi connectivity index (χ0) is 8.55. The van der Waals surface area contributed by atoms with Gasteiger partial charge in [-0.25, -0.2) is 0 Å². The van der Waals surface area contributed by atoms with Crippen LogP contribution in [-0.2, 0) is 4.79 Å². The van der Waals surface area contributed by atoms with E-state index in [1.807, 2.05) is 11.0 Å². The van der Waals surface area contributed by atoms with Gasteiger partial charge in [0.25, 0.3) is 0 Å². The van der Waals surface area contributed by atoms with Crippen molar-refractivity contribution < 1.29 is 4.79 Å². The van der Waals surface area contributed by atoms with Crippen molar-refractivity contribution >= 4 is 5.91 Å². The first kappa shape index (κ1) is 7.60. The number of hydrogen-bond donors (Lipinski definition) is 0. The lowest BCUT2D eigenvalue weighted by Gasteiger charge is -2.16. The molecular formula is C9H12N2O. The molecule has 0 N–H and O–H groups in total. The lowest BCUT2D eigenvalue weighted by molar-refractivity contribution is -0.130. The van der Waals surface area contributed by atoms with Gasteiger partial charge >= 0.3 is 0 Å². The highest BCUT2D eigenvalue weighted by Gasteiger charge is 2.46. The average Bonchev–Trinajstić information content (AvgIpc) is 2.69. The van der Waals surface area contributed by atoms with Crippen LogP contribution in [-0.4, -0.2) is 23.9 Å². The number of nitrogens with zero attached hydrogens (tertiary/aromatic N) is 2. The molecule has 0 aromatic carbocycles. The van der Waals surface area contributed by atoms with E-state index in [4.69, 9.17) is 5.26 Å². The van der Waals surface area contributed by atoms with Crippen molar-refractivity contribution in [3.63, 3.8) is 0 Å². The van der Waals surface area contributed by atoms with E-state index in [1.54, 1.807) is 0 Å². The summed E-state index contributed by atoms with van der Waals surface area (Å²) in [6, 6.07) is 2.00. The Balaban J connectivity index is 1.78. The molecule has 1 heterocycles. The normalized spacial score (nSPS) is 31.1. The van der Waals surface area contributed by atoms with Gasteiger partial charge in [-0.3, -0.25) is 4.79 Å². The highest BCUT2D eigenvalue weighted by molar-refractivity contribution is 5.76. The molecule has 12 heavy (non-hydrogen) atoms. The Morgan fingerprint density at radius 2 is 2.17 bits per heavy atom. The van der Waals surface area contributed by atoms with Gasteiger partial charge in [-0.15, -0.1) is 0 Å². The first-order valence-corrected chi connectivity index (χ1v) is 4.46. The maximum absolute atomic E-state index is 11.3. The molecule has 0 radical (unpaired) electrons. The van der Waals surface area contributed by atoms with E-state index in [1.165, 1.54) is 6.42 Å². The molecule has 2 fully saturated rings. The standard InChI is InChI=1S/C9H12N2O/c10-3-1-2-9(12)11-5-7-4-8(7)6-11/h7-8H,1-2,4-6H2. The van der Waals surface area contributed by atoms with Crippen LogP contribution in [0.3, 0.4) is 0 Å². The number of fused-ring (bicyclic) bond motifs is 1. The van der Waals surface area contributed by atoms with Crippen LogP contribution in [0.15, 0.2) is 0 Å². The topological polar surface area (TPSA) is 44.1 Å².